The summed E-state index contributed by atoms with van der Waals surface area (Å²) in [6.45, 7) is 1.84. The Kier molecular flexibility index (Phi) is 4.11. The lowest BCUT2D eigenvalue weighted by atomic mass is 10.1. The lowest BCUT2D eigenvalue weighted by molar-refractivity contribution is -0.0855. The van der Waals surface area contributed by atoms with E-state index in [1.807, 2.05) is 0 Å². The molecule has 1 aliphatic heterocycles. The van der Waals surface area contributed by atoms with Crippen molar-refractivity contribution in [1.29, 1.82) is 0 Å². The van der Waals surface area contributed by atoms with Gasteiger partial charge in [-0.3, -0.25) is 4.79 Å². The van der Waals surface area contributed by atoms with Crippen LogP contribution in [0.5, 0.6) is 0 Å². The molecule has 3 N–H and O–H groups in total. The number of ether oxygens (including phenoxy) is 2. The van der Waals surface area contributed by atoms with Crippen molar-refractivity contribution >= 4 is 11.6 Å². The maximum absolute atomic E-state index is 13.2. The van der Waals surface area contributed by atoms with Gasteiger partial charge in [0.1, 0.15) is 5.82 Å². The van der Waals surface area contributed by atoms with Gasteiger partial charge < -0.3 is 20.5 Å². The van der Waals surface area contributed by atoms with Gasteiger partial charge in [0, 0.05) is 6.54 Å². The number of anilines is 1. The third kappa shape index (κ3) is 2.96. The Bertz CT molecular complexity index is 433. The smallest absolute Gasteiger partial charge is 0.253 e. The monoisotopic (exact) mass is 254 g/mol. The van der Waals surface area contributed by atoms with Gasteiger partial charge in [-0.1, -0.05) is 6.07 Å². The number of carbonyl (C=O) groups is 1. The molecule has 0 aromatic heterocycles. The van der Waals surface area contributed by atoms with Crippen LogP contribution in [0.3, 0.4) is 0 Å². The summed E-state index contributed by atoms with van der Waals surface area (Å²) in [5.74, 6) is -1.01. The SMILES string of the molecule is Nc1c(F)cccc1C(=O)NCC1COCCO1. The number of nitrogens with one attached hydrogen (secondary N) is 1. The molecule has 0 spiro atoms. The molecule has 1 aromatic rings. The number of carbonyl (C=O) groups excluding carboxylic acids is 1. The molecule has 6 heteroatoms. The molecule has 1 fully saturated rings. The minimum absolute atomic E-state index is 0.131. The largest absolute Gasteiger partial charge is 0.396 e. The van der Waals surface area contributed by atoms with Gasteiger partial charge in [-0.2, -0.15) is 0 Å². The van der Waals surface area contributed by atoms with Gasteiger partial charge in [-0.25, -0.2) is 4.39 Å². The Morgan fingerprint density at radius 2 is 2.33 bits per heavy atom. The molecule has 1 aliphatic rings. The highest BCUT2D eigenvalue weighted by Gasteiger charge is 2.17. The van der Waals surface area contributed by atoms with E-state index in [0.29, 0.717) is 26.4 Å². The third-order valence-corrected chi connectivity index (χ3v) is 2.67. The van der Waals surface area contributed by atoms with Gasteiger partial charge >= 0.3 is 0 Å². The summed E-state index contributed by atoms with van der Waals surface area (Å²) in [4.78, 5) is 11.8. The first-order valence-electron chi connectivity index (χ1n) is 5.70. The summed E-state index contributed by atoms with van der Waals surface area (Å²) in [6, 6.07) is 4.14. The van der Waals surface area contributed by atoms with E-state index in [2.05, 4.69) is 5.32 Å². The second-order valence-electron chi connectivity index (χ2n) is 3.98. The quantitative estimate of drug-likeness (QED) is 0.773. The summed E-state index contributed by atoms with van der Waals surface area (Å²) in [5.41, 5.74) is 5.49. The van der Waals surface area contributed by atoms with Crippen LogP contribution in [-0.4, -0.2) is 38.4 Å². The number of benzene rings is 1. The molecule has 2 rings (SSSR count). The van der Waals surface area contributed by atoms with Gasteiger partial charge in [0.25, 0.3) is 5.91 Å². The minimum Gasteiger partial charge on any atom is -0.396 e. The van der Waals surface area contributed by atoms with Crippen LogP contribution in [0.2, 0.25) is 0 Å². The predicted molar refractivity (Wildman–Crippen MR) is 63.7 cm³/mol. The third-order valence-electron chi connectivity index (χ3n) is 2.67. The zero-order valence-corrected chi connectivity index (χ0v) is 9.82. The molecule has 98 valence electrons. The molecular weight excluding hydrogens is 239 g/mol. The Balaban J connectivity index is 1.93. The lowest BCUT2D eigenvalue weighted by Crippen LogP contribution is -2.39. The molecule has 18 heavy (non-hydrogen) atoms. The highest BCUT2D eigenvalue weighted by molar-refractivity contribution is 5.99. The molecule has 1 unspecified atom stereocenters. The normalized spacial score (nSPS) is 19.5. The van der Waals surface area contributed by atoms with Crippen molar-refractivity contribution in [2.24, 2.45) is 0 Å². The number of para-hydroxylation sites is 1. The van der Waals surface area contributed by atoms with Crippen LogP contribution in [0.4, 0.5) is 10.1 Å². The summed E-state index contributed by atoms with van der Waals surface area (Å²) in [5, 5.41) is 2.65. The van der Waals surface area contributed by atoms with Crippen molar-refractivity contribution in [3.05, 3.63) is 29.6 Å². The van der Waals surface area contributed by atoms with Gasteiger partial charge in [0.2, 0.25) is 0 Å². The average molecular weight is 254 g/mol. The summed E-state index contributed by atoms with van der Waals surface area (Å²) in [6.07, 6.45) is -0.169. The number of hydrogen-bond donors (Lipinski definition) is 2. The highest BCUT2D eigenvalue weighted by atomic mass is 19.1. The highest BCUT2D eigenvalue weighted by Crippen LogP contribution is 2.15. The Labute approximate surface area is 104 Å². The van der Waals surface area contributed by atoms with E-state index in [9.17, 15) is 9.18 Å². The fraction of sp³-hybridized carbons (Fsp3) is 0.417. The number of halogens is 1. The lowest BCUT2D eigenvalue weighted by Gasteiger charge is -2.23. The zero-order chi connectivity index (χ0) is 13.0. The molecule has 1 saturated heterocycles. The van der Waals surface area contributed by atoms with E-state index in [0.717, 1.165) is 0 Å². The maximum atomic E-state index is 13.2. The van der Waals surface area contributed by atoms with Crippen LogP contribution >= 0.6 is 0 Å². The van der Waals surface area contributed by atoms with Crippen molar-refractivity contribution < 1.29 is 18.7 Å². The number of nitrogens with two attached hydrogens (primary N) is 1. The number of nitrogen functional groups attached to an aromatic ring is 1. The van der Waals surface area contributed by atoms with Gasteiger partial charge in [-0.15, -0.1) is 0 Å². The molecular formula is C12H15FN2O3. The van der Waals surface area contributed by atoms with Crippen LogP contribution in [0, 0.1) is 5.82 Å². The predicted octanol–water partition coefficient (Wildman–Crippen LogP) is 0.553. The van der Waals surface area contributed by atoms with Crippen LogP contribution in [0.25, 0.3) is 0 Å². The van der Waals surface area contributed by atoms with Crippen molar-refractivity contribution in [1.82, 2.24) is 5.32 Å². The molecule has 0 aliphatic carbocycles. The van der Waals surface area contributed by atoms with Crippen molar-refractivity contribution in [3.8, 4) is 0 Å². The topological polar surface area (TPSA) is 73.6 Å². The second-order valence-corrected chi connectivity index (χ2v) is 3.98. The molecule has 0 saturated carbocycles. The van der Waals surface area contributed by atoms with Crippen LogP contribution in [-0.2, 0) is 9.47 Å². The molecule has 1 amide bonds. The van der Waals surface area contributed by atoms with Gasteiger partial charge in [0.15, 0.2) is 0 Å². The molecule has 0 bridgehead atoms. The van der Waals surface area contributed by atoms with E-state index in [4.69, 9.17) is 15.2 Å². The van der Waals surface area contributed by atoms with Crippen LogP contribution < -0.4 is 11.1 Å². The van der Waals surface area contributed by atoms with Crippen molar-refractivity contribution in [2.45, 2.75) is 6.10 Å². The molecule has 0 radical (unpaired) electrons. The van der Waals surface area contributed by atoms with E-state index in [1.165, 1.54) is 18.2 Å². The Hall–Kier alpha value is -1.66. The maximum Gasteiger partial charge on any atom is 0.253 e. The summed E-state index contributed by atoms with van der Waals surface area (Å²) < 4.78 is 23.8. The van der Waals surface area contributed by atoms with Crippen LogP contribution in [0.1, 0.15) is 10.4 Å². The molecule has 1 heterocycles. The van der Waals surface area contributed by atoms with E-state index in [-0.39, 0.29) is 17.4 Å². The molecule has 1 atom stereocenters. The van der Waals surface area contributed by atoms with E-state index < -0.39 is 11.7 Å². The number of amides is 1. The van der Waals surface area contributed by atoms with Crippen molar-refractivity contribution in [2.75, 3.05) is 32.1 Å². The number of rotatable bonds is 3. The summed E-state index contributed by atoms with van der Waals surface area (Å²) in [7, 11) is 0. The molecule has 5 nitrogen and oxygen atoms in total. The molecule has 1 aromatic carbocycles. The fourth-order valence-electron chi connectivity index (χ4n) is 1.69. The van der Waals surface area contributed by atoms with Gasteiger partial charge in [0.05, 0.1) is 37.2 Å². The Morgan fingerprint density at radius 1 is 1.50 bits per heavy atom. The van der Waals surface area contributed by atoms with E-state index >= 15 is 0 Å². The summed E-state index contributed by atoms with van der Waals surface area (Å²) >= 11 is 0. The first kappa shape index (κ1) is 12.8. The first-order valence-corrected chi connectivity index (χ1v) is 5.70. The second kappa shape index (κ2) is 5.79. The average Bonchev–Trinajstić information content (AvgIpc) is 2.40. The fourth-order valence-corrected chi connectivity index (χ4v) is 1.69. The van der Waals surface area contributed by atoms with Crippen LogP contribution in [0.15, 0.2) is 18.2 Å². The van der Waals surface area contributed by atoms with Gasteiger partial charge in [-0.05, 0) is 12.1 Å². The van der Waals surface area contributed by atoms with E-state index in [1.54, 1.807) is 0 Å². The Morgan fingerprint density at radius 3 is 3.06 bits per heavy atom. The number of hydrogen-bond acceptors (Lipinski definition) is 4. The standard InChI is InChI=1S/C12H15FN2O3/c13-10-3-1-2-9(11(10)14)12(16)15-6-8-7-17-4-5-18-8/h1-3,8H,4-7,14H2,(H,15,16). The minimum atomic E-state index is -0.597. The first-order chi connectivity index (χ1) is 8.68. The zero-order valence-electron chi connectivity index (χ0n) is 9.82. The van der Waals surface area contributed by atoms with Crippen molar-refractivity contribution in [3.63, 3.8) is 0 Å².